The molecule has 29 heavy (non-hydrogen) atoms. The van der Waals surface area contributed by atoms with Crippen molar-refractivity contribution in [2.75, 3.05) is 19.7 Å². The van der Waals surface area contributed by atoms with Gasteiger partial charge in [-0.15, -0.1) is 0 Å². The molecular weight excluding hydrogens is 368 g/mol. The molecule has 3 aromatic heterocycles. The van der Waals surface area contributed by atoms with Crippen LogP contribution in [0, 0.1) is 6.92 Å². The maximum absolute atomic E-state index is 12.7. The Hall–Kier alpha value is -3.06. The van der Waals surface area contributed by atoms with Crippen molar-refractivity contribution in [3.63, 3.8) is 0 Å². The summed E-state index contributed by atoms with van der Waals surface area (Å²) in [5.74, 6) is 0.899. The molecule has 0 N–H and O–H groups in total. The lowest BCUT2D eigenvalue weighted by Gasteiger charge is -2.33. The molecule has 1 fully saturated rings. The van der Waals surface area contributed by atoms with Crippen LogP contribution in [0.25, 0.3) is 11.3 Å². The minimum atomic E-state index is -0.258. The zero-order valence-corrected chi connectivity index (χ0v) is 16.7. The van der Waals surface area contributed by atoms with E-state index in [1.165, 1.54) is 0 Å². The Morgan fingerprint density at radius 2 is 2.17 bits per heavy atom. The van der Waals surface area contributed by atoms with E-state index < -0.39 is 0 Å². The second-order valence-electron chi connectivity index (χ2n) is 7.10. The number of hydrogen-bond acceptors (Lipinski definition) is 6. The van der Waals surface area contributed by atoms with Gasteiger partial charge < -0.3 is 14.2 Å². The van der Waals surface area contributed by atoms with Gasteiger partial charge in [-0.1, -0.05) is 24.2 Å². The lowest BCUT2D eigenvalue weighted by atomic mass is 10.1. The topological polar surface area (TPSA) is 81.4 Å². The number of ether oxygens (including phenoxy) is 1. The molecule has 1 unspecified atom stereocenters. The highest BCUT2D eigenvalue weighted by molar-refractivity contribution is 5.78. The van der Waals surface area contributed by atoms with Gasteiger partial charge in [0.2, 0.25) is 5.91 Å². The van der Waals surface area contributed by atoms with Gasteiger partial charge in [-0.3, -0.25) is 9.78 Å². The van der Waals surface area contributed by atoms with Crippen LogP contribution in [0.5, 0.6) is 0 Å². The summed E-state index contributed by atoms with van der Waals surface area (Å²) in [6.45, 7) is 5.51. The fourth-order valence-corrected chi connectivity index (χ4v) is 3.60. The predicted molar refractivity (Wildman–Crippen MR) is 107 cm³/mol. The van der Waals surface area contributed by atoms with Gasteiger partial charge in [-0.2, -0.15) is 0 Å². The molecule has 1 aliphatic heterocycles. The third kappa shape index (κ3) is 4.19. The molecule has 7 heteroatoms. The average molecular weight is 392 g/mol. The zero-order valence-electron chi connectivity index (χ0n) is 16.7. The third-order valence-corrected chi connectivity index (χ3v) is 5.11. The molecule has 0 radical (unpaired) electrons. The van der Waals surface area contributed by atoms with Crippen LogP contribution < -0.4 is 0 Å². The Balaban J connectivity index is 1.51. The molecule has 4 heterocycles. The standard InChI is InChI=1S/C22H24N4O3/c1-3-19-22(15(2)25-29-19)18-8-4-7-17(24-18)20-14-26(10-11-28-20)21(27)12-16-6-5-9-23-13-16/h4-9,13,20H,3,10-12,14H2,1-2H3. The number of aryl methyl sites for hydroxylation is 2. The summed E-state index contributed by atoms with van der Waals surface area (Å²) >= 11 is 0. The SMILES string of the molecule is CCc1onc(C)c1-c1cccc(C2CN(C(=O)Cc3cccnc3)CCO2)n1. The van der Waals surface area contributed by atoms with E-state index in [-0.39, 0.29) is 12.0 Å². The number of rotatable bonds is 5. The van der Waals surface area contributed by atoms with Crippen molar-refractivity contribution in [1.29, 1.82) is 0 Å². The number of pyridine rings is 2. The fraction of sp³-hybridized carbons (Fsp3) is 0.364. The number of carbonyl (C=O) groups is 1. The molecule has 0 saturated carbocycles. The van der Waals surface area contributed by atoms with E-state index in [0.29, 0.717) is 26.1 Å². The van der Waals surface area contributed by atoms with E-state index in [4.69, 9.17) is 14.2 Å². The Morgan fingerprint density at radius 3 is 2.97 bits per heavy atom. The molecule has 1 atom stereocenters. The van der Waals surface area contributed by atoms with Gasteiger partial charge in [0.05, 0.1) is 42.2 Å². The highest BCUT2D eigenvalue weighted by Crippen LogP contribution is 2.29. The molecule has 1 aliphatic rings. The van der Waals surface area contributed by atoms with E-state index in [0.717, 1.165) is 40.4 Å². The van der Waals surface area contributed by atoms with Gasteiger partial charge in [0.1, 0.15) is 11.9 Å². The predicted octanol–water partition coefficient (Wildman–Crippen LogP) is 3.15. The first-order chi connectivity index (χ1) is 14.2. The summed E-state index contributed by atoms with van der Waals surface area (Å²) in [5, 5.41) is 4.08. The summed E-state index contributed by atoms with van der Waals surface area (Å²) < 4.78 is 11.4. The molecule has 0 aliphatic carbocycles. The Morgan fingerprint density at radius 1 is 1.28 bits per heavy atom. The van der Waals surface area contributed by atoms with Crippen molar-refractivity contribution in [2.24, 2.45) is 0 Å². The number of morpholine rings is 1. The van der Waals surface area contributed by atoms with Crippen molar-refractivity contribution < 1.29 is 14.1 Å². The second kappa shape index (κ2) is 8.53. The fourth-order valence-electron chi connectivity index (χ4n) is 3.60. The smallest absolute Gasteiger partial charge is 0.227 e. The van der Waals surface area contributed by atoms with Crippen LogP contribution in [-0.4, -0.2) is 45.6 Å². The number of carbonyl (C=O) groups excluding carboxylic acids is 1. The van der Waals surface area contributed by atoms with Crippen molar-refractivity contribution in [3.8, 4) is 11.3 Å². The summed E-state index contributed by atoms with van der Waals surface area (Å²) in [7, 11) is 0. The zero-order chi connectivity index (χ0) is 20.2. The molecule has 0 aromatic carbocycles. The minimum Gasteiger partial charge on any atom is -0.368 e. The van der Waals surface area contributed by atoms with E-state index in [2.05, 4.69) is 10.1 Å². The molecule has 3 aromatic rings. The monoisotopic (exact) mass is 392 g/mol. The highest BCUT2D eigenvalue weighted by Gasteiger charge is 2.27. The van der Waals surface area contributed by atoms with E-state index in [1.807, 2.05) is 49.1 Å². The lowest BCUT2D eigenvalue weighted by Crippen LogP contribution is -2.43. The van der Waals surface area contributed by atoms with Crippen molar-refractivity contribution >= 4 is 5.91 Å². The lowest BCUT2D eigenvalue weighted by molar-refractivity contribution is -0.138. The summed E-state index contributed by atoms with van der Waals surface area (Å²) in [6.07, 6.45) is 4.27. The van der Waals surface area contributed by atoms with Crippen LogP contribution in [0.15, 0.2) is 47.2 Å². The van der Waals surface area contributed by atoms with Crippen LogP contribution in [0.4, 0.5) is 0 Å². The first kappa shape index (κ1) is 19.3. The van der Waals surface area contributed by atoms with Crippen LogP contribution >= 0.6 is 0 Å². The van der Waals surface area contributed by atoms with Gasteiger partial charge in [-0.25, -0.2) is 4.98 Å². The highest BCUT2D eigenvalue weighted by atomic mass is 16.5. The molecule has 0 spiro atoms. The number of nitrogens with zero attached hydrogens (tertiary/aromatic N) is 4. The van der Waals surface area contributed by atoms with Gasteiger partial charge in [0.25, 0.3) is 0 Å². The molecular formula is C22H24N4O3. The Bertz CT molecular complexity index is 987. The van der Waals surface area contributed by atoms with Crippen LogP contribution in [0.1, 0.15) is 35.7 Å². The quantitative estimate of drug-likeness (QED) is 0.663. The summed E-state index contributed by atoms with van der Waals surface area (Å²) in [5.41, 5.74) is 4.30. The third-order valence-electron chi connectivity index (χ3n) is 5.11. The minimum absolute atomic E-state index is 0.0746. The van der Waals surface area contributed by atoms with E-state index in [9.17, 15) is 4.79 Å². The molecule has 0 bridgehead atoms. The van der Waals surface area contributed by atoms with Gasteiger partial charge in [0.15, 0.2) is 0 Å². The van der Waals surface area contributed by atoms with Crippen LogP contribution in [0.2, 0.25) is 0 Å². The molecule has 150 valence electrons. The first-order valence-corrected chi connectivity index (χ1v) is 9.86. The molecule has 7 nitrogen and oxygen atoms in total. The van der Waals surface area contributed by atoms with Crippen molar-refractivity contribution in [2.45, 2.75) is 32.8 Å². The van der Waals surface area contributed by atoms with Gasteiger partial charge >= 0.3 is 0 Å². The normalized spacial score (nSPS) is 16.8. The number of aromatic nitrogens is 3. The Labute approximate surface area is 169 Å². The van der Waals surface area contributed by atoms with Gasteiger partial charge in [0, 0.05) is 25.4 Å². The average Bonchev–Trinajstić information content (AvgIpc) is 3.15. The molecule has 4 rings (SSSR count). The summed E-state index contributed by atoms with van der Waals surface area (Å²) in [6, 6.07) is 9.62. The molecule has 1 saturated heterocycles. The first-order valence-electron chi connectivity index (χ1n) is 9.86. The Kier molecular flexibility index (Phi) is 5.67. The largest absolute Gasteiger partial charge is 0.368 e. The number of amides is 1. The van der Waals surface area contributed by atoms with Crippen molar-refractivity contribution in [3.05, 3.63) is 65.4 Å². The maximum Gasteiger partial charge on any atom is 0.227 e. The maximum atomic E-state index is 12.7. The van der Waals surface area contributed by atoms with Crippen LogP contribution in [0.3, 0.4) is 0 Å². The van der Waals surface area contributed by atoms with Gasteiger partial charge in [-0.05, 0) is 30.7 Å². The van der Waals surface area contributed by atoms with E-state index >= 15 is 0 Å². The van der Waals surface area contributed by atoms with E-state index in [1.54, 1.807) is 12.4 Å². The molecule has 1 amide bonds. The van der Waals surface area contributed by atoms with Crippen LogP contribution in [-0.2, 0) is 22.4 Å². The number of hydrogen-bond donors (Lipinski definition) is 0. The second-order valence-corrected chi connectivity index (χ2v) is 7.10. The summed E-state index contributed by atoms with van der Waals surface area (Å²) in [4.78, 5) is 23.5. The van der Waals surface area contributed by atoms with Crippen molar-refractivity contribution in [1.82, 2.24) is 20.0 Å².